The lowest BCUT2D eigenvalue weighted by atomic mass is 10.2. The number of benzene rings is 1. The van der Waals surface area contributed by atoms with Crippen molar-refractivity contribution in [3.8, 4) is 0 Å². The summed E-state index contributed by atoms with van der Waals surface area (Å²) in [5, 5.41) is 0.320. The van der Waals surface area contributed by atoms with Crippen molar-refractivity contribution < 1.29 is 8.42 Å². The summed E-state index contributed by atoms with van der Waals surface area (Å²) in [4.78, 5) is 16.3. The fourth-order valence-corrected chi connectivity index (χ4v) is 2.24. The van der Waals surface area contributed by atoms with Crippen LogP contribution in [-0.4, -0.2) is 24.2 Å². The van der Waals surface area contributed by atoms with Gasteiger partial charge in [0.25, 0.3) is 5.56 Å². The van der Waals surface area contributed by atoms with Gasteiger partial charge in [0.1, 0.15) is 5.82 Å². The molecule has 0 spiro atoms. The lowest BCUT2D eigenvalue weighted by molar-refractivity contribution is 0.602. The molecule has 0 fully saturated rings. The van der Waals surface area contributed by atoms with Gasteiger partial charge in [-0.25, -0.2) is 13.4 Å². The van der Waals surface area contributed by atoms with Gasteiger partial charge in [0.05, 0.1) is 15.8 Å². The summed E-state index contributed by atoms with van der Waals surface area (Å²) in [6.45, 7) is 1.73. The number of fused-ring (bicyclic) bond motifs is 1. The number of hydrogen-bond donors (Lipinski definition) is 0. The maximum absolute atomic E-state index is 12.0. The second kappa shape index (κ2) is 3.66. The number of hydrogen-bond acceptors (Lipinski definition) is 4. The summed E-state index contributed by atoms with van der Waals surface area (Å²) < 4.78 is 24.2. The molecular formula is C11H12N2O3S. The monoisotopic (exact) mass is 252 g/mol. The molecule has 0 amide bonds. The first kappa shape index (κ1) is 11.8. The van der Waals surface area contributed by atoms with Gasteiger partial charge in [-0.3, -0.25) is 9.36 Å². The van der Waals surface area contributed by atoms with Crippen molar-refractivity contribution in [1.82, 2.24) is 9.55 Å². The molecule has 2 rings (SSSR count). The topological polar surface area (TPSA) is 69.0 Å². The Morgan fingerprint density at radius 3 is 2.53 bits per heavy atom. The third kappa shape index (κ3) is 1.95. The van der Waals surface area contributed by atoms with E-state index in [1.165, 1.54) is 16.7 Å². The Hall–Kier alpha value is -1.69. The van der Waals surface area contributed by atoms with Crippen LogP contribution in [0.2, 0.25) is 0 Å². The van der Waals surface area contributed by atoms with Crippen LogP contribution in [0.3, 0.4) is 0 Å². The Labute approximate surface area is 98.6 Å². The zero-order chi connectivity index (χ0) is 12.8. The third-order valence-corrected chi connectivity index (χ3v) is 3.81. The minimum Gasteiger partial charge on any atom is -0.299 e. The standard InChI is InChI=1S/C11H12N2O3S/c1-7-12-10-5-4-8(17(3,15)16)6-9(10)11(14)13(7)2/h4-6H,1-3H3. The molecule has 1 aromatic heterocycles. The summed E-state index contributed by atoms with van der Waals surface area (Å²) in [5.74, 6) is 0.592. The predicted octanol–water partition coefficient (Wildman–Crippen LogP) is 0.645. The molecule has 0 bridgehead atoms. The lowest BCUT2D eigenvalue weighted by Gasteiger charge is -2.06. The largest absolute Gasteiger partial charge is 0.299 e. The van der Waals surface area contributed by atoms with Crippen LogP contribution in [-0.2, 0) is 16.9 Å². The van der Waals surface area contributed by atoms with Crippen molar-refractivity contribution in [1.29, 1.82) is 0 Å². The van der Waals surface area contributed by atoms with Gasteiger partial charge in [-0.2, -0.15) is 0 Å². The van der Waals surface area contributed by atoms with E-state index in [4.69, 9.17) is 0 Å². The molecule has 90 valence electrons. The quantitative estimate of drug-likeness (QED) is 0.747. The zero-order valence-electron chi connectivity index (χ0n) is 9.76. The molecular weight excluding hydrogens is 240 g/mol. The van der Waals surface area contributed by atoms with E-state index < -0.39 is 9.84 Å². The van der Waals surface area contributed by atoms with E-state index in [-0.39, 0.29) is 10.5 Å². The summed E-state index contributed by atoms with van der Waals surface area (Å²) in [6.07, 6.45) is 1.11. The molecule has 0 aliphatic carbocycles. The SMILES string of the molecule is Cc1nc2ccc(S(C)(=O)=O)cc2c(=O)n1C. The van der Waals surface area contributed by atoms with Gasteiger partial charge >= 0.3 is 0 Å². The smallest absolute Gasteiger partial charge is 0.261 e. The molecule has 6 heteroatoms. The van der Waals surface area contributed by atoms with E-state index in [0.717, 1.165) is 6.26 Å². The number of sulfone groups is 1. The van der Waals surface area contributed by atoms with Gasteiger partial charge in [-0.15, -0.1) is 0 Å². The van der Waals surface area contributed by atoms with E-state index in [2.05, 4.69) is 4.98 Å². The Bertz CT molecular complexity index is 760. The predicted molar refractivity (Wildman–Crippen MR) is 64.8 cm³/mol. The summed E-state index contributed by atoms with van der Waals surface area (Å²) >= 11 is 0. The second-order valence-electron chi connectivity index (χ2n) is 3.97. The first-order valence-electron chi connectivity index (χ1n) is 4.98. The molecule has 0 saturated carbocycles. The second-order valence-corrected chi connectivity index (χ2v) is 5.99. The van der Waals surface area contributed by atoms with E-state index in [0.29, 0.717) is 16.7 Å². The molecule has 0 atom stereocenters. The molecule has 2 aromatic rings. The van der Waals surface area contributed by atoms with Gasteiger partial charge in [0.15, 0.2) is 9.84 Å². The van der Waals surface area contributed by atoms with Gasteiger partial charge in [-0.05, 0) is 25.1 Å². The van der Waals surface area contributed by atoms with E-state index in [1.807, 2.05) is 0 Å². The van der Waals surface area contributed by atoms with Gasteiger partial charge in [-0.1, -0.05) is 0 Å². The minimum atomic E-state index is -3.31. The van der Waals surface area contributed by atoms with Crippen LogP contribution < -0.4 is 5.56 Å². The Morgan fingerprint density at radius 2 is 1.94 bits per heavy atom. The van der Waals surface area contributed by atoms with E-state index >= 15 is 0 Å². The number of aryl methyl sites for hydroxylation is 1. The Kier molecular flexibility index (Phi) is 2.54. The molecule has 0 unspecified atom stereocenters. The van der Waals surface area contributed by atoms with Crippen LogP contribution in [0, 0.1) is 6.92 Å². The highest BCUT2D eigenvalue weighted by atomic mass is 32.2. The maximum atomic E-state index is 12.0. The molecule has 0 aliphatic rings. The molecule has 0 aliphatic heterocycles. The molecule has 0 N–H and O–H groups in total. The van der Waals surface area contributed by atoms with E-state index in [1.54, 1.807) is 20.0 Å². The first-order chi connectivity index (χ1) is 7.80. The van der Waals surface area contributed by atoms with Crippen LogP contribution in [0.15, 0.2) is 27.9 Å². The highest BCUT2D eigenvalue weighted by Gasteiger charge is 2.11. The van der Waals surface area contributed by atoms with Crippen LogP contribution in [0.25, 0.3) is 10.9 Å². The van der Waals surface area contributed by atoms with Crippen molar-refractivity contribution in [2.75, 3.05) is 6.26 Å². The molecule has 1 aromatic carbocycles. The van der Waals surface area contributed by atoms with Crippen molar-refractivity contribution in [3.05, 3.63) is 34.4 Å². The Balaban J connectivity index is 2.92. The minimum absolute atomic E-state index is 0.132. The van der Waals surface area contributed by atoms with Crippen molar-refractivity contribution in [2.45, 2.75) is 11.8 Å². The van der Waals surface area contributed by atoms with Crippen LogP contribution in [0.5, 0.6) is 0 Å². The first-order valence-corrected chi connectivity index (χ1v) is 6.87. The zero-order valence-corrected chi connectivity index (χ0v) is 10.6. The molecule has 17 heavy (non-hydrogen) atoms. The summed E-state index contributed by atoms with van der Waals surface area (Å²) in [5.41, 5.74) is 0.274. The molecule has 0 radical (unpaired) electrons. The Morgan fingerprint density at radius 1 is 1.29 bits per heavy atom. The normalized spacial score (nSPS) is 11.9. The average Bonchev–Trinajstić information content (AvgIpc) is 2.24. The number of nitrogens with zero attached hydrogens (tertiary/aromatic N) is 2. The number of aromatic nitrogens is 2. The molecule has 5 nitrogen and oxygen atoms in total. The maximum Gasteiger partial charge on any atom is 0.261 e. The van der Waals surface area contributed by atoms with Crippen molar-refractivity contribution in [2.24, 2.45) is 7.05 Å². The fraction of sp³-hybridized carbons (Fsp3) is 0.273. The van der Waals surface area contributed by atoms with Crippen molar-refractivity contribution >= 4 is 20.7 Å². The third-order valence-electron chi connectivity index (χ3n) is 2.70. The van der Waals surface area contributed by atoms with Crippen LogP contribution >= 0.6 is 0 Å². The van der Waals surface area contributed by atoms with Crippen molar-refractivity contribution in [3.63, 3.8) is 0 Å². The van der Waals surface area contributed by atoms with Crippen LogP contribution in [0.4, 0.5) is 0 Å². The average molecular weight is 252 g/mol. The van der Waals surface area contributed by atoms with E-state index in [9.17, 15) is 13.2 Å². The van der Waals surface area contributed by atoms with Gasteiger partial charge in [0, 0.05) is 13.3 Å². The lowest BCUT2D eigenvalue weighted by Crippen LogP contribution is -2.20. The summed E-state index contributed by atoms with van der Waals surface area (Å²) in [7, 11) is -1.70. The summed E-state index contributed by atoms with van der Waals surface area (Å²) in [6, 6.07) is 4.39. The highest BCUT2D eigenvalue weighted by Crippen LogP contribution is 2.15. The van der Waals surface area contributed by atoms with Gasteiger partial charge in [0.2, 0.25) is 0 Å². The number of rotatable bonds is 1. The molecule has 1 heterocycles. The van der Waals surface area contributed by atoms with Gasteiger partial charge < -0.3 is 0 Å². The highest BCUT2D eigenvalue weighted by molar-refractivity contribution is 7.90. The molecule has 0 saturated heterocycles. The fourth-order valence-electron chi connectivity index (χ4n) is 1.59. The van der Waals surface area contributed by atoms with Crippen LogP contribution in [0.1, 0.15) is 5.82 Å².